The summed E-state index contributed by atoms with van der Waals surface area (Å²) in [5.74, 6) is -0.0711. The summed E-state index contributed by atoms with van der Waals surface area (Å²) in [4.78, 5) is 27.3. The molecule has 1 atom stereocenters. The van der Waals surface area contributed by atoms with Gasteiger partial charge in [0.25, 0.3) is 5.91 Å². The minimum atomic E-state index is -0.551. The van der Waals surface area contributed by atoms with E-state index >= 15 is 0 Å². The molecule has 2 amide bonds. The number of aromatic nitrogens is 2. The van der Waals surface area contributed by atoms with Crippen LogP contribution in [0.15, 0.2) is 12.4 Å². The highest BCUT2D eigenvalue weighted by molar-refractivity contribution is 5.82. The molecule has 0 bridgehead atoms. The van der Waals surface area contributed by atoms with Crippen LogP contribution in [0.5, 0.6) is 0 Å². The molecule has 7 nitrogen and oxygen atoms in total. The molecule has 0 radical (unpaired) electrons. The Hall–Kier alpha value is -1.89. The molecule has 21 heavy (non-hydrogen) atoms. The molecule has 0 spiro atoms. The van der Waals surface area contributed by atoms with E-state index in [0.29, 0.717) is 32.7 Å². The van der Waals surface area contributed by atoms with Gasteiger partial charge in [-0.2, -0.15) is 5.10 Å². The molecular weight excluding hydrogens is 272 g/mol. The van der Waals surface area contributed by atoms with E-state index in [4.69, 9.17) is 4.74 Å². The lowest BCUT2D eigenvalue weighted by atomic mass is 10.2. The fourth-order valence-corrected chi connectivity index (χ4v) is 2.27. The van der Waals surface area contributed by atoms with Crippen LogP contribution >= 0.6 is 0 Å². The highest BCUT2D eigenvalue weighted by atomic mass is 16.5. The molecule has 116 valence electrons. The van der Waals surface area contributed by atoms with Gasteiger partial charge in [0, 0.05) is 39.8 Å². The lowest BCUT2D eigenvalue weighted by Gasteiger charge is -2.33. The van der Waals surface area contributed by atoms with Gasteiger partial charge in [-0.05, 0) is 12.5 Å². The zero-order valence-corrected chi connectivity index (χ0v) is 12.8. The molecule has 1 aliphatic rings. The number of aryl methyl sites for hydroxylation is 2. The van der Waals surface area contributed by atoms with Crippen molar-refractivity contribution in [2.24, 2.45) is 0 Å². The van der Waals surface area contributed by atoms with Crippen molar-refractivity contribution >= 4 is 11.8 Å². The maximum absolute atomic E-state index is 12.2. The van der Waals surface area contributed by atoms with Crippen molar-refractivity contribution in [3.63, 3.8) is 0 Å². The van der Waals surface area contributed by atoms with Crippen molar-refractivity contribution in [2.75, 3.05) is 33.8 Å². The number of hydrogen-bond acceptors (Lipinski definition) is 4. The molecule has 2 rings (SSSR count). The predicted molar refractivity (Wildman–Crippen MR) is 76.6 cm³/mol. The standard InChI is InChI=1S/C14H22N4O3/c1-11-8-15-18(9-11)5-4-13(19)17-6-7-21-12(10-17)14(20)16(2)3/h8-9,12H,4-7,10H2,1-3H3/t12-/m0/s1. The molecule has 1 aromatic heterocycles. The zero-order valence-electron chi connectivity index (χ0n) is 12.8. The molecule has 0 aromatic carbocycles. The van der Waals surface area contributed by atoms with E-state index in [1.54, 1.807) is 29.9 Å². The number of carbonyl (C=O) groups is 2. The molecule has 1 aromatic rings. The summed E-state index contributed by atoms with van der Waals surface area (Å²) >= 11 is 0. The van der Waals surface area contributed by atoms with Gasteiger partial charge in [0.1, 0.15) is 0 Å². The number of amides is 2. The van der Waals surface area contributed by atoms with Crippen LogP contribution in [0.2, 0.25) is 0 Å². The fourth-order valence-electron chi connectivity index (χ4n) is 2.27. The fraction of sp³-hybridized carbons (Fsp3) is 0.643. The van der Waals surface area contributed by atoms with Crippen molar-refractivity contribution < 1.29 is 14.3 Å². The number of morpholine rings is 1. The van der Waals surface area contributed by atoms with Crippen molar-refractivity contribution in [1.82, 2.24) is 19.6 Å². The third kappa shape index (κ3) is 4.04. The van der Waals surface area contributed by atoms with Crippen molar-refractivity contribution in [1.29, 1.82) is 0 Å². The molecule has 1 saturated heterocycles. The second-order valence-electron chi connectivity index (χ2n) is 5.46. The van der Waals surface area contributed by atoms with E-state index in [0.717, 1.165) is 5.56 Å². The highest BCUT2D eigenvalue weighted by Crippen LogP contribution is 2.09. The summed E-state index contributed by atoms with van der Waals surface area (Å²) < 4.78 is 7.20. The Bertz CT molecular complexity index is 512. The van der Waals surface area contributed by atoms with Gasteiger partial charge in [-0.25, -0.2) is 0 Å². The smallest absolute Gasteiger partial charge is 0.253 e. The maximum Gasteiger partial charge on any atom is 0.253 e. The third-order valence-corrected chi connectivity index (χ3v) is 3.45. The number of likely N-dealkylation sites (N-methyl/N-ethyl adjacent to an activating group) is 1. The Morgan fingerprint density at radius 3 is 2.86 bits per heavy atom. The van der Waals surface area contributed by atoms with E-state index in [9.17, 15) is 9.59 Å². The molecule has 7 heteroatoms. The monoisotopic (exact) mass is 294 g/mol. The number of ether oxygens (including phenoxy) is 1. The lowest BCUT2D eigenvalue weighted by molar-refractivity contribution is -0.152. The first-order valence-corrected chi connectivity index (χ1v) is 7.07. The Labute approximate surface area is 124 Å². The van der Waals surface area contributed by atoms with Crippen LogP contribution in [0.3, 0.4) is 0 Å². The van der Waals surface area contributed by atoms with Gasteiger partial charge in [-0.15, -0.1) is 0 Å². The molecular formula is C14H22N4O3. The Morgan fingerprint density at radius 2 is 2.24 bits per heavy atom. The summed E-state index contributed by atoms with van der Waals surface area (Å²) in [5, 5.41) is 4.16. The number of carbonyl (C=O) groups excluding carboxylic acids is 2. The van der Waals surface area contributed by atoms with Gasteiger partial charge < -0.3 is 14.5 Å². The summed E-state index contributed by atoms with van der Waals surface area (Å²) in [7, 11) is 3.37. The van der Waals surface area contributed by atoms with Crippen LogP contribution in [0.25, 0.3) is 0 Å². The summed E-state index contributed by atoms with van der Waals surface area (Å²) in [6, 6.07) is 0. The van der Waals surface area contributed by atoms with E-state index in [1.165, 1.54) is 4.90 Å². The van der Waals surface area contributed by atoms with Crippen LogP contribution in [-0.2, 0) is 20.9 Å². The molecule has 0 N–H and O–H groups in total. The minimum Gasteiger partial charge on any atom is -0.365 e. The number of nitrogens with zero attached hydrogens (tertiary/aromatic N) is 4. The molecule has 0 unspecified atom stereocenters. The van der Waals surface area contributed by atoms with E-state index in [1.807, 2.05) is 13.1 Å². The topological polar surface area (TPSA) is 67.7 Å². The van der Waals surface area contributed by atoms with Gasteiger partial charge in [0.2, 0.25) is 5.91 Å². The first kappa shape index (κ1) is 15.5. The molecule has 0 aliphatic carbocycles. The Morgan fingerprint density at radius 1 is 1.48 bits per heavy atom. The van der Waals surface area contributed by atoms with E-state index in [2.05, 4.69) is 5.10 Å². The van der Waals surface area contributed by atoms with Crippen LogP contribution < -0.4 is 0 Å². The second-order valence-corrected chi connectivity index (χ2v) is 5.46. The van der Waals surface area contributed by atoms with Gasteiger partial charge in [-0.1, -0.05) is 0 Å². The average Bonchev–Trinajstić information content (AvgIpc) is 2.89. The highest BCUT2D eigenvalue weighted by Gasteiger charge is 2.29. The summed E-state index contributed by atoms with van der Waals surface area (Å²) in [6.45, 7) is 3.78. The van der Waals surface area contributed by atoms with Gasteiger partial charge in [0.05, 0.1) is 19.3 Å². The molecule has 2 heterocycles. The van der Waals surface area contributed by atoms with E-state index < -0.39 is 6.10 Å². The SMILES string of the molecule is Cc1cnn(CCC(=O)N2CCO[C@H](C(=O)N(C)C)C2)c1. The quantitative estimate of drug-likeness (QED) is 0.777. The Kier molecular flexibility index (Phi) is 4.95. The maximum atomic E-state index is 12.2. The number of rotatable bonds is 4. The summed E-state index contributed by atoms with van der Waals surface area (Å²) in [5.41, 5.74) is 1.07. The normalized spacial score (nSPS) is 18.6. The van der Waals surface area contributed by atoms with Crippen molar-refractivity contribution in [2.45, 2.75) is 26.0 Å². The van der Waals surface area contributed by atoms with Crippen LogP contribution in [0.4, 0.5) is 0 Å². The first-order valence-electron chi connectivity index (χ1n) is 7.07. The largest absolute Gasteiger partial charge is 0.365 e. The average molecular weight is 294 g/mol. The third-order valence-electron chi connectivity index (χ3n) is 3.45. The Balaban J connectivity index is 1.85. The van der Waals surface area contributed by atoms with E-state index in [-0.39, 0.29) is 11.8 Å². The molecule has 0 saturated carbocycles. The van der Waals surface area contributed by atoms with Crippen LogP contribution in [0, 0.1) is 6.92 Å². The van der Waals surface area contributed by atoms with Gasteiger partial charge >= 0.3 is 0 Å². The number of hydrogen-bond donors (Lipinski definition) is 0. The van der Waals surface area contributed by atoms with Crippen LogP contribution in [0.1, 0.15) is 12.0 Å². The minimum absolute atomic E-state index is 0.0306. The lowest BCUT2D eigenvalue weighted by Crippen LogP contribution is -2.51. The summed E-state index contributed by atoms with van der Waals surface area (Å²) in [6.07, 6.45) is 3.50. The van der Waals surface area contributed by atoms with Gasteiger partial charge in [0.15, 0.2) is 6.10 Å². The predicted octanol–water partition coefficient (Wildman–Crippen LogP) is -0.103. The van der Waals surface area contributed by atoms with Gasteiger partial charge in [-0.3, -0.25) is 14.3 Å². The molecule has 1 fully saturated rings. The first-order chi connectivity index (χ1) is 9.97. The molecule has 1 aliphatic heterocycles. The second kappa shape index (κ2) is 6.71. The zero-order chi connectivity index (χ0) is 15.4. The van der Waals surface area contributed by atoms with Crippen LogP contribution in [-0.4, -0.2) is 71.3 Å². The van der Waals surface area contributed by atoms with Crippen molar-refractivity contribution in [3.05, 3.63) is 18.0 Å². The van der Waals surface area contributed by atoms with Crippen molar-refractivity contribution in [3.8, 4) is 0 Å².